The molecule has 0 amide bonds. The summed E-state index contributed by atoms with van der Waals surface area (Å²) in [5, 5.41) is 5.66. The summed E-state index contributed by atoms with van der Waals surface area (Å²) in [5.41, 5.74) is 4.01. The highest BCUT2D eigenvalue weighted by Crippen LogP contribution is 2.32. The number of fused-ring (bicyclic) bond motifs is 3. The molecule has 2 heterocycles. The molecule has 0 radical (unpaired) electrons. The molecule has 1 aromatic heterocycles. The second kappa shape index (κ2) is 3.51. The van der Waals surface area contributed by atoms with Gasteiger partial charge in [-0.1, -0.05) is 23.7 Å². The van der Waals surface area contributed by atoms with Crippen molar-refractivity contribution in [3.63, 3.8) is 0 Å². The molecule has 0 spiro atoms. The number of nitrogens with zero attached hydrogens (tertiary/aromatic N) is 1. The zero-order chi connectivity index (χ0) is 11.3. The highest BCUT2D eigenvalue weighted by atomic mass is 35.5. The normalized spacial score (nSPS) is 20.1. The first-order valence-corrected chi connectivity index (χ1v) is 6.04. The van der Waals surface area contributed by atoms with E-state index in [9.17, 15) is 0 Å². The van der Waals surface area contributed by atoms with Gasteiger partial charge in [-0.2, -0.15) is 0 Å². The largest absolute Gasteiger partial charge is 0.345 e. The van der Waals surface area contributed by atoms with Crippen molar-refractivity contribution in [1.82, 2.24) is 9.88 Å². The van der Waals surface area contributed by atoms with Crippen molar-refractivity contribution in [3.05, 3.63) is 34.5 Å². The molecule has 84 valence electrons. The third-order valence-electron chi connectivity index (χ3n) is 3.53. The van der Waals surface area contributed by atoms with Gasteiger partial charge in [0.05, 0.1) is 10.5 Å². The quantitative estimate of drug-likeness (QED) is 0.742. The SMILES string of the molecule is CC1Cc2c(n(C)c3c(Cl)cccc23)CN1. The molecule has 1 atom stereocenters. The van der Waals surface area contributed by atoms with Gasteiger partial charge in [0.2, 0.25) is 0 Å². The van der Waals surface area contributed by atoms with Gasteiger partial charge in [-0.05, 0) is 25.0 Å². The van der Waals surface area contributed by atoms with E-state index in [-0.39, 0.29) is 0 Å². The van der Waals surface area contributed by atoms with E-state index in [1.54, 1.807) is 0 Å². The molecule has 2 nitrogen and oxygen atoms in total. The Morgan fingerprint density at radius 3 is 3.06 bits per heavy atom. The van der Waals surface area contributed by atoms with Gasteiger partial charge >= 0.3 is 0 Å². The number of halogens is 1. The number of nitrogens with one attached hydrogen (secondary N) is 1. The summed E-state index contributed by atoms with van der Waals surface area (Å²) in [6, 6.07) is 6.74. The summed E-state index contributed by atoms with van der Waals surface area (Å²) < 4.78 is 2.23. The second-order valence-corrected chi connectivity index (χ2v) is 5.01. The number of hydrogen-bond donors (Lipinski definition) is 1. The first-order valence-electron chi connectivity index (χ1n) is 5.66. The van der Waals surface area contributed by atoms with Gasteiger partial charge < -0.3 is 9.88 Å². The number of para-hydroxylation sites is 1. The number of aromatic nitrogens is 1. The Bertz CT molecular complexity index is 557. The fourth-order valence-corrected chi connectivity index (χ4v) is 3.00. The lowest BCUT2D eigenvalue weighted by atomic mass is 10.00. The molecule has 16 heavy (non-hydrogen) atoms. The van der Waals surface area contributed by atoms with E-state index in [0.29, 0.717) is 6.04 Å². The topological polar surface area (TPSA) is 17.0 Å². The molecule has 0 fully saturated rings. The summed E-state index contributed by atoms with van der Waals surface area (Å²) in [6.45, 7) is 3.17. The maximum Gasteiger partial charge on any atom is 0.0672 e. The van der Waals surface area contributed by atoms with Crippen LogP contribution in [0.1, 0.15) is 18.2 Å². The van der Waals surface area contributed by atoms with Crippen LogP contribution < -0.4 is 5.32 Å². The van der Waals surface area contributed by atoms with Crippen LogP contribution in [0.15, 0.2) is 18.2 Å². The van der Waals surface area contributed by atoms with E-state index in [4.69, 9.17) is 11.6 Å². The van der Waals surface area contributed by atoms with E-state index < -0.39 is 0 Å². The maximum atomic E-state index is 6.28. The average Bonchev–Trinajstić information content (AvgIpc) is 2.54. The predicted octanol–water partition coefficient (Wildman–Crippen LogP) is 2.87. The minimum Gasteiger partial charge on any atom is -0.345 e. The van der Waals surface area contributed by atoms with E-state index >= 15 is 0 Å². The van der Waals surface area contributed by atoms with E-state index in [0.717, 1.165) is 18.0 Å². The highest BCUT2D eigenvalue weighted by Gasteiger charge is 2.22. The van der Waals surface area contributed by atoms with Crippen LogP contribution in [0.4, 0.5) is 0 Å². The Morgan fingerprint density at radius 1 is 1.44 bits per heavy atom. The van der Waals surface area contributed by atoms with Crippen molar-refractivity contribution in [2.75, 3.05) is 0 Å². The average molecular weight is 235 g/mol. The van der Waals surface area contributed by atoms with Crippen LogP contribution in [0.5, 0.6) is 0 Å². The number of rotatable bonds is 0. The van der Waals surface area contributed by atoms with E-state index in [1.807, 2.05) is 12.1 Å². The number of hydrogen-bond acceptors (Lipinski definition) is 1. The lowest BCUT2D eigenvalue weighted by molar-refractivity contribution is 0.501. The van der Waals surface area contributed by atoms with Crippen LogP contribution in [0.3, 0.4) is 0 Å². The molecule has 1 aliphatic heterocycles. The van der Waals surface area contributed by atoms with E-state index in [2.05, 4.69) is 29.9 Å². The van der Waals surface area contributed by atoms with Crippen molar-refractivity contribution >= 4 is 22.5 Å². The molecular weight excluding hydrogens is 220 g/mol. The molecular formula is C13H15ClN2. The first-order chi connectivity index (χ1) is 7.68. The van der Waals surface area contributed by atoms with Crippen LogP contribution in [0.2, 0.25) is 5.02 Å². The van der Waals surface area contributed by atoms with Gasteiger partial charge in [0.25, 0.3) is 0 Å². The molecule has 2 aromatic rings. The Hall–Kier alpha value is -0.990. The monoisotopic (exact) mass is 234 g/mol. The van der Waals surface area contributed by atoms with Gasteiger partial charge in [-0.15, -0.1) is 0 Å². The molecule has 1 unspecified atom stereocenters. The van der Waals surface area contributed by atoms with Gasteiger partial charge in [0, 0.05) is 30.7 Å². The van der Waals surface area contributed by atoms with Crippen molar-refractivity contribution < 1.29 is 0 Å². The highest BCUT2D eigenvalue weighted by molar-refractivity contribution is 6.35. The summed E-state index contributed by atoms with van der Waals surface area (Å²) >= 11 is 6.28. The van der Waals surface area contributed by atoms with Crippen molar-refractivity contribution in [1.29, 1.82) is 0 Å². The molecule has 1 N–H and O–H groups in total. The van der Waals surface area contributed by atoms with Crippen LogP contribution >= 0.6 is 11.6 Å². The maximum absolute atomic E-state index is 6.28. The third-order valence-corrected chi connectivity index (χ3v) is 3.83. The minimum atomic E-state index is 0.553. The molecule has 0 saturated heterocycles. The number of aryl methyl sites for hydroxylation is 1. The minimum absolute atomic E-state index is 0.553. The summed E-state index contributed by atoms with van der Waals surface area (Å²) in [6.07, 6.45) is 1.09. The number of benzene rings is 1. The zero-order valence-corrected chi connectivity index (χ0v) is 10.3. The van der Waals surface area contributed by atoms with Crippen LogP contribution in [-0.4, -0.2) is 10.6 Å². The fourth-order valence-electron chi connectivity index (χ4n) is 2.69. The second-order valence-electron chi connectivity index (χ2n) is 4.61. The fraction of sp³-hybridized carbons (Fsp3) is 0.385. The molecule has 0 aliphatic carbocycles. The lowest BCUT2D eigenvalue weighted by Gasteiger charge is -2.21. The summed E-state index contributed by atoms with van der Waals surface area (Å²) in [4.78, 5) is 0. The van der Waals surface area contributed by atoms with Crippen LogP contribution in [-0.2, 0) is 20.0 Å². The molecule has 3 heteroatoms. The summed E-state index contributed by atoms with van der Waals surface area (Å²) in [5.74, 6) is 0. The van der Waals surface area contributed by atoms with Crippen LogP contribution in [0, 0.1) is 0 Å². The van der Waals surface area contributed by atoms with Crippen molar-refractivity contribution in [3.8, 4) is 0 Å². The predicted molar refractivity (Wildman–Crippen MR) is 67.9 cm³/mol. The van der Waals surface area contributed by atoms with Crippen LogP contribution in [0.25, 0.3) is 10.9 Å². The van der Waals surface area contributed by atoms with Gasteiger partial charge in [-0.25, -0.2) is 0 Å². The van der Waals surface area contributed by atoms with Gasteiger partial charge in [-0.3, -0.25) is 0 Å². The summed E-state index contributed by atoms with van der Waals surface area (Å²) in [7, 11) is 2.10. The van der Waals surface area contributed by atoms with Gasteiger partial charge in [0.1, 0.15) is 0 Å². The first kappa shape index (κ1) is 10.2. The zero-order valence-electron chi connectivity index (χ0n) is 9.55. The molecule has 1 aliphatic rings. The molecule has 1 aromatic carbocycles. The standard InChI is InChI=1S/C13H15ClN2/c1-8-6-10-9-4-3-5-11(14)13(9)16(2)12(10)7-15-8/h3-5,8,15H,6-7H2,1-2H3. The molecule has 0 saturated carbocycles. The Morgan fingerprint density at radius 2 is 2.25 bits per heavy atom. The van der Waals surface area contributed by atoms with E-state index in [1.165, 1.54) is 22.2 Å². The molecule has 0 bridgehead atoms. The third kappa shape index (κ3) is 1.30. The van der Waals surface area contributed by atoms with Crippen molar-refractivity contribution in [2.45, 2.75) is 25.9 Å². The van der Waals surface area contributed by atoms with Gasteiger partial charge in [0.15, 0.2) is 0 Å². The van der Waals surface area contributed by atoms with Crippen molar-refractivity contribution in [2.24, 2.45) is 7.05 Å². The Kier molecular flexibility index (Phi) is 2.23. The lowest BCUT2D eigenvalue weighted by Crippen LogP contribution is -2.33. The Balaban J connectivity index is 2.36. The smallest absolute Gasteiger partial charge is 0.0672 e. The molecule has 3 rings (SSSR count). The Labute approximate surface area is 100 Å².